The molecule has 0 bridgehead atoms. The van der Waals surface area contributed by atoms with Crippen molar-refractivity contribution in [2.24, 2.45) is 0 Å². The minimum atomic E-state index is -1.22. The second-order valence-electron chi connectivity index (χ2n) is 6.14. The van der Waals surface area contributed by atoms with Gasteiger partial charge < -0.3 is 9.84 Å². The van der Waals surface area contributed by atoms with Crippen LogP contribution in [0.15, 0.2) is 46.7 Å². The van der Waals surface area contributed by atoms with Gasteiger partial charge in [0, 0.05) is 17.0 Å². The zero-order valence-corrected chi connectivity index (χ0v) is 18.4. The maximum absolute atomic E-state index is 12.2. The van der Waals surface area contributed by atoms with Crippen LogP contribution in [0, 0.1) is 0 Å². The van der Waals surface area contributed by atoms with Crippen molar-refractivity contribution in [2.75, 3.05) is 11.9 Å². The van der Waals surface area contributed by atoms with Crippen molar-refractivity contribution < 1.29 is 29.0 Å². The maximum Gasteiger partial charge on any atom is 0.332 e. The summed E-state index contributed by atoms with van der Waals surface area (Å²) in [5.74, 6) is -2.99. The molecule has 160 valence electrons. The molecule has 1 aromatic carbocycles. The number of anilines is 1. The zero-order valence-electron chi connectivity index (χ0n) is 15.9. The standard InChI is InChI=1S/C19H15N3O6S3/c1-10(12-9-30-18(20-12)21-16(26)11-5-3-2-4-6-11)28-15(25)7-13-17(27)22(8-14(23)24)19(29)31-13/h2-7,9-10H,8H2,1H3,(H,23,24)(H,20,21,26)/b13-7+. The average Bonchev–Trinajstić information content (AvgIpc) is 3.29. The summed E-state index contributed by atoms with van der Waals surface area (Å²) in [5.41, 5.74) is 0.910. The lowest BCUT2D eigenvalue weighted by Gasteiger charge is -2.10. The highest BCUT2D eigenvalue weighted by molar-refractivity contribution is 8.26. The van der Waals surface area contributed by atoms with Gasteiger partial charge in [0.15, 0.2) is 5.13 Å². The van der Waals surface area contributed by atoms with Crippen molar-refractivity contribution in [1.82, 2.24) is 9.88 Å². The van der Waals surface area contributed by atoms with Crippen molar-refractivity contribution in [3.8, 4) is 0 Å². The van der Waals surface area contributed by atoms with Gasteiger partial charge in [-0.2, -0.15) is 0 Å². The number of thiazole rings is 1. The molecule has 31 heavy (non-hydrogen) atoms. The largest absolute Gasteiger partial charge is 0.480 e. The van der Waals surface area contributed by atoms with Crippen LogP contribution in [0.2, 0.25) is 0 Å². The van der Waals surface area contributed by atoms with Crippen molar-refractivity contribution in [3.05, 3.63) is 58.0 Å². The highest BCUT2D eigenvalue weighted by atomic mass is 32.2. The van der Waals surface area contributed by atoms with Crippen LogP contribution in [0.5, 0.6) is 0 Å². The number of nitrogens with zero attached hydrogens (tertiary/aromatic N) is 2. The number of thioether (sulfide) groups is 1. The van der Waals surface area contributed by atoms with Crippen LogP contribution in [0.3, 0.4) is 0 Å². The number of thiocarbonyl (C=S) groups is 1. The Hall–Kier alpha value is -3.09. The first kappa shape index (κ1) is 22.6. The Morgan fingerprint density at radius 1 is 1.32 bits per heavy atom. The molecule has 9 nitrogen and oxygen atoms in total. The molecule has 1 atom stereocenters. The van der Waals surface area contributed by atoms with Crippen molar-refractivity contribution >= 4 is 68.5 Å². The van der Waals surface area contributed by atoms with Gasteiger partial charge in [0.1, 0.15) is 17.0 Å². The molecule has 0 radical (unpaired) electrons. The Balaban J connectivity index is 1.60. The highest BCUT2D eigenvalue weighted by Crippen LogP contribution is 2.31. The molecule has 2 heterocycles. The van der Waals surface area contributed by atoms with E-state index in [1.54, 1.807) is 42.6 Å². The van der Waals surface area contributed by atoms with Gasteiger partial charge >= 0.3 is 11.9 Å². The number of hydrogen-bond acceptors (Lipinski definition) is 9. The molecule has 1 saturated heterocycles. The number of esters is 1. The third-order valence-corrected chi connectivity index (χ3v) is 6.06. The lowest BCUT2D eigenvalue weighted by atomic mass is 10.2. The van der Waals surface area contributed by atoms with Gasteiger partial charge in [0.2, 0.25) is 0 Å². The number of benzene rings is 1. The normalized spacial score (nSPS) is 15.8. The second kappa shape index (κ2) is 9.81. The van der Waals surface area contributed by atoms with Crippen LogP contribution in [0.1, 0.15) is 29.1 Å². The summed E-state index contributed by atoms with van der Waals surface area (Å²) in [5, 5.41) is 13.5. The van der Waals surface area contributed by atoms with Gasteiger partial charge in [-0.05, 0) is 19.1 Å². The summed E-state index contributed by atoms with van der Waals surface area (Å²) in [6.45, 7) is 1.02. The molecule has 1 aliphatic heterocycles. The number of carbonyl (C=O) groups is 4. The zero-order chi connectivity index (χ0) is 22.5. The third-order valence-electron chi connectivity index (χ3n) is 3.90. The molecule has 0 saturated carbocycles. The second-order valence-corrected chi connectivity index (χ2v) is 8.67. The fraction of sp³-hybridized carbons (Fsp3) is 0.158. The highest BCUT2D eigenvalue weighted by Gasteiger charge is 2.34. The Labute approximate surface area is 190 Å². The Bertz CT molecular complexity index is 1080. The van der Waals surface area contributed by atoms with Crippen molar-refractivity contribution in [3.63, 3.8) is 0 Å². The van der Waals surface area contributed by atoms with Gasteiger partial charge in [-0.3, -0.25) is 24.6 Å². The predicted molar refractivity (Wildman–Crippen MR) is 119 cm³/mol. The van der Waals surface area contributed by atoms with E-state index in [1.807, 2.05) is 0 Å². The topological polar surface area (TPSA) is 126 Å². The minimum Gasteiger partial charge on any atom is -0.480 e. The molecule has 3 rings (SSSR count). The number of ether oxygens (including phenoxy) is 1. The fourth-order valence-corrected chi connectivity index (χ4v) is 4.44. The van der Waals surface area contributed by atoms with Gasteiger partial charge in [0.25, 0.3) is 11.8 Å². The lowest BCUT2D eigenvalue weighted by Crippen LogP contribution is -2.33. The molecule has 1 fully saturated rings. The number of nitrogens with one attached hydrogen (secondary N) is 1. The molecule has 1 aromatic heterocycles. The van der Waals surface area contributed by atoms with Crippen LogP contribution in [-0.4, -0.2) is 49.6 Å². The first-order chi connectivity index (χ1) is 14.7. The van der Waals surface area contributed by atoms with Crippen LogP contribution < -0.4 is 5.32 Å². The van der Waals surface area contributed by atoms with E-state index in [0.717, 1.165) is 22.7 Å². The summed E-state index contributed by atoms with van der Waals surface area (Å²) in [6, 6.07) is 8.65. The summed E-state index contributed by atoms with van der Waals surface area (Å²) in [6.07, 6.45) is 0.230. The molecule has 0 spiro atoms. The van der Waals surface area contributed by atoms with Crippen LogP contribution in [0.25, 0.3) is 0 Å². The van der Waals surface area contributed by atoms with Gasteiger partial charge in [-0.25, -0.2) is 9.78 Å². The molecule has 2 amide bonds. The average molecular weight is 478 g/mol. The number of rotatable bonds is 7. The molecule has 2 N–H and O–H groups in total. The van der Waals surface area contributed by atoms with Crippen molar-refractivity contribution in [2.45, 2.75) is 13.0 Å². The Morgan fingerprint density at radius 3 is 2.71 bits per heavy atom. The molecule has 0 aliphatic carbocycles. The van der Waals surface area contributed by atoms with E-state index in [4.69, 9.17) is 22.1 Å². The van der Waals surface area contributed by atoms with Crippen molar-refractivity contribution in [1.29, 1.82) is 0 Å². The SMILES string of the molecule is CC(OC(=O)/C=C1/SC(=S)N(CC(=O)O)C1=O)c1csc(NC(=O)c2ccccc2)n1. The van der Waals surface area contributed by atoms with E-state index in [2.05, 4.69) is 10.3 Å². The van der Waals surface area contributed by atoms with Crippen LogP contribution in [-0.2, 0) is 19.1 Å². The molecule has 12 heteroatoms. The predicted octanol–water partition coefficient (Wildman–Crippen LogP) is 2.83. The summed E-state index contributed by atoms with van der Waals surface area (Å²) < 4.78 is 5.33. The minimum absolute atomic E-state index is 0.0162. The van der Waals surface area contributed by atoms with Gasteiger partial charge in [-0.15, -0.1) is 11.3 Å². The van der Waals surface area contributed by atoms with E-state index in [1.165, 1.54) is 11.3 Å². The molecule has 1 unspecified atom stereocenters. The number of carboxylic acid groups (broad SMARTS) is 1. The van der Waals surface area contributed by atoms with E-state index < -0.39 is 30.5 Å². The first-order valence-electron chi connectivity index (χ1n) is 8.74. The van der Waals surface area contributed by atoms with Crippen LogP contribution in [0.4, 0.5) is 5.13 Å². The third kappa shape index (κ3) is 5.75. The number of aromatic nitrogens is 1. The first-order valence-corrected chi connectivity index (χ1v) is 10.8. The lowest BCUT2D eigenvalue weighted by molar-refractivity contribution is -0.143. The summed E-state index contributed by atoms with van der Waals surface area (Å²) in [7, 11) is 0. The Morgan fingerprint density at radius 2 is 2.03 bits per heavy atom. The number of aliphatic carboxylic acids is 1. The monoisotopic (exact) mass is 477 g/mol. The number of carboxylic acids is 1. The van der Waals surface area contributed by atoms with E-state index in [9.17, 15) is 19.2 Å². The van der Waals surface area contributed by atoms with Gasteiger partial charge in [-0.1, -0.05) is 42.2 Å². The molecule has 2 aromatic rings. The summed E-state index contributed by atoms with van der Waals surface area (Å²) in [4.78, 5) is 52.5. The van der Waals surface area contributed by atoms with E-state index >= 15 is 0 Å². The quantitative estimate of drug-likeness (QED) is 0.352. The number of carbonyl (C=O) groups excluding carboxylic acids is 3. The van der Waals surface area contributed by atoms with E-state index in [0.29, 0.717) is 16.4 Å². The molecular formula is C19H15N3O6S3. The molecular weight excluding hydrogens is 462 g/mol. The number of amides is 2. The van der Waals surface area contributed by atoms with Crippen LogP contribution >= 0.6 is 35.3 Å². The maximum atomic E-state index is 12.2. The fourth-order valence-electron chi connectivity index (χ4n) is 2.44. The number of hydrogen-bond donors (Lipinski definition) is 2. The molecule has 1 aliphatic rings. The Kier molecular flexibility index (Phi) is 7.15. The summed E-state index contributed by atoms with van der Waals surface area (Å²) >= 11 is 6.98. The smallest absolute Gasteiger partial charge is 0.332 e. The van der Waals surface area contributed by atoms with E-state index in [-0.39, 0.29) is 15.1 Å². The van der Waals surface area contributed by atoms with Gasteiger partial charge in [0.05, 0.1) is 10.6 Å².